The van der Waals surface area contributed by atoms with Gasteiger partial charge in [-0.15, -0.1) is 0 Å². The molecule has 0 aliphatic heterocycles. The van der Waals surface area contributed by atoms with Crippen LogP contribution in [0.3, 0.4) is 0 Å². The molecule has 0 aromatic heterocycles. The fraction of sp³-hybridized carbons (Fsp3) is 0.667. The van der Waals surface area contributed by atoms with E-state index in [1.54, 1.807) is 6.92 Å². The third-order valence-corrected chi connectivity index (χ3v) is 6.40. The summed E-state index contributed by atoms with van der Waals surface area (Å²) >= 11 is 4.79. The molecule has 0 aliphatic carbocycles. The van der Waals surface area contributed by atoms with Crippen molar-refractivity contribution in [1.29, 1.82) is 5.26 Å². The SMILES string of the molecule is CCS(=O)C(=S)S(=O)C(C)(C#N)CCC(=O)O. The molecule has 0 spiro atoms. The average molecular weight is 295 g/mol. The van der Waals surface area contributed by atoms with E-state index in [1.807, 2.05) is 6.07 Å². The maximum Gasteiger partial charge on any atom is 0.303 e. The number of rotatable bonds is 5. The first kappa shape index (κ1) is 16.4. The summed E-state index contributed by atoms with van der Waals surface area (Å²) in [5.41, 5.74) is 0. The minimum atomic E-state index is -1.91. The molecular formula is C9H13NO4S3. The highest BCUT2D eigenvalue weighted by molar-refractivity contribution is 8.36. The van der Waals surface area contributed by atoms with Crippen molar-refractivity contribution in [2.75, 3.05) is 5.75 Å². The molecule has 0 aromatic rings. The number of hydrogen-bond acceptors (Lipinski definition) is 5. The number of carboxylic acids is 1. The third-order valence-electron chi connectivity index (χ3n) is 2.06. The first-order valence-corrected chi connectivity index (χ1v) is 7.63. The second kappa shape index (κ2) is 6.93. The van der Waals surface area contributed by atoms with Crippen molar-refractivity contribution in [3.63, 3.8) is 0 Å². The summed E-state index contributed by atoms with van der Waals surface area (Å²) in [4.78, 5) is 10.4. The second-order valence-electron chi connectivity index (χ2n) is 3.39. The average Bonchev–Trinajstić information content (AvgIpc) is 2.32. The summed E-state index contributed by atoms with van der Waals surface area (Å²) in [5.74, 6) is -0.851. The lowest BCUT2D eigenvalue weighted by Gasteiger charge is -2.19. The second-order valence-corrected chi connectivity index (χ2v) is 8.10. The highest BCUT2D eigenvalue weighted by Crippen LogP contribution is 2.22. The van der Waals surface area contributed by atoms with Gasteiger partial charge in [0.15, 0.2) is 3.53 Å². The van der Waals surface area contributed by atoms with Gasteiger partial charge in [0.25, 0.3) is 0 Å². The number of nitrogens with zero attached hydrogens (tertiary/aromatic N) is 1. The number of carbonyl (C=O) groups is 1. The van der Waals surface area contributed by atoms with Crippen LogP contribution in [0.25, 0.3) is 0 Å². The van der Waals surface area contributed by atoms with Gasteiger partial charge in [-0.3, -0.25) is 13.2 Å². The third kappa shape index (κ3) is 4.61. The summed E-state index contributed by atoms with van der Waals surface area (Å²) in [6.07, 6.45) is -0.371. The Morgan fingerprint density at radius 1 is 1.53 bits per heavy atom. The van der Waals surface area contributed by atoms with Gasteiger partial charge in [-0.25, -0.2) is 0 Å². The normalized spacial score (nSPS) is 17.5. The van der Waals surface area contributed by atoms with Crippen molar-refractivity contribution in [2.24, 2.45) is 0 Å². The van der Waals surface area contributed by atoms with Crippen LogP contribution in [-0.2, 0) is 26.4 Å². The number of carboxylic acid groups (broad SMARTS) is 1. The zero-order chi connectivity index (χ0) is 13.6. The van der Waals surface area contributed by atoms with E-state index in [2.05, 4.69) is 0 Å². The first-order valence-electron chi connectivity index (χ1n) is 4.75. The summed E-state index contributed by atoms with van der Waals surface area (Å²) in [5, 5.41) is 17.5. The highest BCUT2D eigenvalue weighted by atomic mass is 32.3. The molecule has 0 bridgehead atoms. The fourth-order valence-electron chi connectivity index (χ4n) is 0.922. The predicted octanol–water partition coefficient (Wildman–Crippen LogP) is 0.936. The lowest BCUT2D eigenvalue weighted by Crippen LogP contribution is -2.35. The molecule has 8 heteroatoms. The zero-order valence-electron chi connectivity index (χ0n) is 9.47. The van der Waals surface area contributed by atoms with Gasteiger partial charge in [0.1, 0.15) is 4.75 Å². The lowest BCUT2D eigenvalue weighted by molar-refractivity contribution is -0.137. The molecule has 5 nitrogen and oxygen atoms in total. The van der Waals surface area contributed by atoms with Gasteiger partial charge in [0.05, 0.1) is 27.7 Å². The summed E-state index contributed by atoms with van der Waals surface area (Å²) < 4.78 is 21.8. The van der Waals surface area contributed by atoms with Crippen LogP contribution in [0.2, 0.25) is 0 Å². The Morgan fingerprint density at radius 2 is 2.06 bits per heavy atom. The minimum absolute atomic E-state index is 0.0908. The summed E-state index contributed by atoms with van der Waals surface area (Å²) in [6.45, 7) is 2.99. The molecule has 96 valence electrons. The maximum atomic E-state index is 12.0. The van der Waals surface area contributed by atoms with E-state index in [0.717, 1.165) is 0 Å². The molecule has 3 atom stereocenters. The van der Waals surface area contributed by atoms with Crippen LogP contribution in [-0.4, -0.2) is 33.5 Å². The van der Waals surface area contributed by atoms with Crippen molar-refractivity contribution in [3.8, 4) is 6.07 Å². The molecule has 17 heavy (non-hydrogen) atoms. The molecule has 0 heterocycles. The van der Waals surface area contributed by atoms with E-state index >= 15 is 0 Å². The van der Waals surface area contributed by atoms with E-state index in [-0.39, 0.29) is 22.1 Å². The first-order chi connectivity index (χ1) is 7.78. The molecule has 0 radical (unpaired) electrons. The Hall–Kier alpha value is -0.650. The Kier molecular flexibility index (Phi) is 6.67. The van der Waals surface area contributed by atoms with Crippen LogP contribution in [0.5, 0.6) is 0 Å². The quantitative estimate of drug-likeness (QED) is 0.758. The van der Waals surface area contributed by atoms with Crippen molar-refractivity contribution in [2.45, 2.75) is 31.4 Å². The Bertz CT molecular complexity index is 415. The van der Waals surface area contributed by atoms with Crippen LogP contribution >= 0.6 is 12.2 Å². The molecule has 0 aliphatic rings. The Morgan fingerprint density at radius 3 is 2.41 bits per heavy atom. The Balaban J connectivity index is 4.94. The summed E-state index contributed by atoms with van der Waals surface area (Å²) in [7, 11) is -3.44. The lowest BCUT2D eigenvalue weighted by atomic mass is 10.1. The van der Waals surface area contributed by atoms with Crippen LogP contribution in [0.4, 0.5) is 0 Å². The van der Waals surface area contributed by atoms with E-state index in [4.69, 9.17) is 22.6 Å². The molecular weight excluding hydrogens is 282 g/mol. The van der Waals surface area contributed by atoms with Gasteiger partial charge < -0.3 is 5.11 Å². The number of hydrogen-bond donors (Lipinski definition) is 1. The van der Waals surface area contributed by atoms with Crippen LogP contribution in [0.15, 0.2) is 0 Å². The molecule has 0 saturated heterocycles. The van der Waals surface area contributed by atoms with Crippen LogP contribution in [0.1, 0.15) is 26.7 Å². The fourth-order valence-corrected chi connectivity index (χ4v) is 4.38. The number of nitriles is 1. The van der Waals surface area contributed by atoms with Crippen LogP contribution < -0.4 is 0 Å². The zero-order valence-corrected chi connectivity index (χ0v) is 11.9. The van der Waals surface area contributed by atoms with Gasteiger partial charge in [0.2, 0.25) is 0 Å². The molecule has 1 N–H and O–H groups in total. The van der Waals surface area contributed by atoms with Gasteiger partial charge in [-0.05, 0) is 13.3 Å². The van der Waals surface area contributed by atoms with E-state index < -0.39 is 32.3 Å². The maximum absolute atomic E-state index is 12.0. The standard InChI is InChI=1S/C9H13NO4S3/c1-3-16(13)8(15)17(14)9(2,6-10)5-4-7(11)12/h3-5H2,1-2H3,(H,11,12). The van der Waals surface area contributed by atoms with Crippen molar-refractivity contribution >= 4 is 43.3 Å². The summed E-state index contributed by atoms with van der Waals surface area (Å²) in [6, 6.07) is 1.81. The molecule has 0 amide bonds. The molecule has 0 fully saturated rings. The predicted molar refractivity (Wildman–Crippen MR) is 70.3 cm³/mol. The van der Waals surface area contributed by atoms with Crippen molar-refractivity contribution in [1.82, 2.24) is 0 Å². The molecule has 3 unspecified atom stereocenters. The van der Waals surface area contributed by atoms with Gasteiger partial charge in [0, 0.05) is 12.2 Å². The topological polar surface area (TPSA) is 95.2 Å². The van der Waals surface area contributed by atoms with Crippen molar-refractivity contribution in [3.05, 3.63) is 0 Å². The largest absolute Gasteiger partial charge is 0.481 e. The molecule has 0 saturated carbocycles. The van der Waals surface area contributed by atoms with E-state index in [9.17, 15) is 13.2 Å². The van der Waals surface area contributed by atoms with Gasteiger partial charge in [-0.2, -0.15) is 5.26 Å². The number of aliphatic carboxylic acids is 1. The molecule has 0 rings (SSSR count). The highest BCUT2D eigenvalue weighted by Gasteiger charge is 2.36. The minimum Gasteiger partial charge on any atom is -0.481 e. The van der Waals surface area contributed by atoms with E-state index in [1.165, 1.54) is 6.92 Å². The Labute approximate surface area is 110 Å². The smallest absolute Gasteiger partial charge is 0.303 e. The number of thiocarbonyl (C=S) groups is 1. The van der Waals surface area contributed by atoms with E-state index in [0.29, 0.717) is 0 Å². The van der Waals surface area contributed by atoms with Crippen LogP contribution in [0, 0.1) is 11.3 Å². The van der Waals surface area contributed by atoms with Crippen molar-refractivity contribution < 1.29 is 18.3 Å². The monoisotopic (exact) mass is 295 g/mol. The van der Waals surface area contributed by atoms with Gasteiger partial charge in [-0.1, -0.05) is 19.1 Å². The molecule has 0 aromatic carbocycles. The van der Waals surface area contributed by atoms with Gasteiger partial charge >= 0.3 is 5.97 Å².